The molecule has 18 heavy (non-hydrogen) atoms. The van der Waals surface area contributed by atoms with E-state index < -0.39 is 0 Å². The van der Waals surface area contributed by atoms with Crippen LogP contribution in [0.25, 0.3) is 21.5 Å². The van der Waals surface area contributed by atoms with Gasteiger partial charge in [-0.25, -0.2) is 0 Å². The molecule has 0 aliphatic heterocycles. The van der Waals surface area contributed by atoms with Gasteiger partial charge < -0.3 is 0 Å². The molecule has 0 unspecified atom stereocenters. The summed E-state index contributed by atoms with van der Waals surface area (Å²) in [5.74, 6) is 0. The molecule has 3 aromatic rings. The first-order valence-corrected chi connectivity index (χ1v) is 6.64. The molecule has 0 heteroatoms. The number of hydrogen-bond donors (Lipinski definition) is 0. The lowest BCUT2D eigenvalue weighted by Gasteiger charge is -2.04. The third-order valence-corrected chi connectivity index (χ3v) is 2.96. The second-order valence-electron chi connectivity index (χ2n) is 4.70. The Hall–Kier alpha value is -1.82. The lowest BCUT2D eigenvalue weighted by atomic mass is 10.0. The molecule has 3 aromatic carbocycles. The molecule has 0 radical (unpaired) electrons. The van der Waals surface area contributed by atoms with Gasteiger partial charge in [0, 0.05) is 0 Å². The van der Waals surface area contributed by atoms with Crippen molar-refractivity contribution in [1.82, 2.24) is 0 Å². The van der Waals surface area contributed by atoms with Crippen molar-refractivity contribution in [1.29, 1.82) is 0 Å². The van der Waals surface area contributed by atoms with Crippen LogP contribution in [-0.2, 0) is 0 Å². The molecule has 0 aliphatic rings. The maximum Gasteiger partial charge on any atom is -0.0148 e. The molecule has 0 spiro atoms. The standard InChI is InChI=1S/C15H12.C3H8/c1-11-5-4-8-14-9-12-6-2-3-7-13(12)10-15(11)14;1-3-2/h2-10H,1H3;3H2,1-2H3. The Balaban J connectivity index is 0.000000367. The van der Waals surface area contributed by atoms with Crippen LogP contribution in [0.5, 0.6) is 0 Å². The monoisotopic (exact) mass is 236 g/mol. The first-order valence-electron chi connectivity index (χ1n) is 6.64. The summed E-state index contributed by atoms with van der Waals surface area (Å²) in [6.07, 6.45) is 1.25. The van der Waals surface area contributed by atoms with E-state index in [1.807, 2.05) is 0 Å². The summed E-state index contributed by atoms with van der Waals surface area (Å²) in [4.78, 5) is 0. The number of hydrogen-bond acceptors (Lipinski definition) is 0. The molecule has 0 aromatic heterocycles. The molecular formula is C18H20. The first kappa shape index (κ1) is 12.6. The highest BCUT2D eigenvalue weighted by Gasteiger charge is 1.98. The van der Waals surface area contributed by atoms with Gasteiger partial charge in [-0.1, -0.05) is 62.7 Å². The third-order valence-electron chi connectivity index (χ3n) is 2.96. The molecule has 3 rings (SSSR count). The molecule has 0 fully saturated rings. The number of benzene rings is 3. The van der Waals surface area contributed by atoms with Crippen LogP contribution in [0.2, 0.25) is 0 Å². The van der Waals surface area contributed by atoms with Crippen LogP contribution < -0.4 is 0 Å². The maximum absolute atomic E-state index is 2.28. The van der Waals surface area contributed by atoms with Crippen LogP contribution in [-0.4, -0.2) is 0 Å². The van der Waals surface area contributed by atoms with Gasteiger partial charge in [-0.2, -0.15) is 0 Å². The van der Waals surface area contributed by atoms with Crippen molar-refractivity contribution < 1.29 is 0 Å². The quantitative estimate of drug-likeness (QED) is 0.438. The van der Waals surface area contributed by atoms with Gasteiger partial charge in [0.2, 0.25) is 0 Å². The fraction of sp³-hybridized carbons (Fsp3) is 0.222. The highest BCUT2D eigenvalue weighted by atomic mass is 14.0. The summed E-state index contributed by atoms with van der Waals surface area (Å²) >= 11 is 0. The van der Waals surface area contributed by atoms with Gasteiger partial charge in [0.15, 0.2) is 0 Å². The van der Waals surface area contributed by atoms with Crippen LogP contribution in [0, 0.1) is 6.92 Å². The molecule has 0 saturated heterocycles. The SMILES string of the molecule is CCC.Cc1cccc2cc3ccccc3cc12. The molecule has 0 bridgehead atoms. The summed E-state index contributed by atoms with van der Waals surface area (Å²) in [7, 11) is 0. The van der Waals surface area contributed by atoms with Gasteiger partial charge in [-0.15, -0.1) is 0 Å². The molecule has 92 valence electrons. The van der Waals surface area contributed by atoms with Crippen molar-refractivity contribution in [2.45, 2.75) is 27.2 Å². The molecule has 0 aliphatic carbocycles. The zero-order valence-electron chi connectivity index (χ0n) is 11.4. The first-order chi connectivity index (χ1) is 8.76. The van der Waals surface area contributed by atoms with Gasteiger partial charge in [0.25, 0.3) is 0 Å². The Morgan fingerprint density at radius 2 is 1.28 bits per heavy atom. The minimum atomic E-state index is 1.25. The lowest BCUT2D eigenvalue weighted by molar-refractivity contribution is 1.09. The Bertz CT molecular complexity index is 650. The van der Waals surface area contributed by atoms with E-state index >= 15 is 0 Å². The third kappa shape index (κ3) is 2.53. The van der Waals surface area contributed by atoms with Crippen LogP contribution >= 0.6 is 0 Å². The van der Waals surface area contributed by atoms with E-state index in [0.29, 0.717) is 0 Å². The largest absolute Gasteiger partial charge is 0.0656 e. The molecule has 0 heterocycles. The highest BCUT2D eigenvalue weighted by Crippen LogP contribution is 2.24. The van der Waals surface area contributed by atoms with Gasteiger partial charge in [-0.3, -0.25) is 0 Å². The second-order valence-corrected chi connectivity index (χ2v) is 4.70. The zero-order chi connectivity index (χ0) is 13.0. The molecule has 0 N–H and O–H groups in total. The molecule has 0 nitrogen and oxygen atoms in total. The summed E-state index contributed by atoms with van der Waals surface area (Å²) in [5, 5.41) is 5.32. The summed E-state index contributed by atoms with van der Waals surface area (Å²) in [6, 6.07) is 19.5. The van der Waals surface area contributed by atoms with Gasteiger partial charge in [-0.05, 0) is 46.2 Å². The Labute approximate surface area is 109 Å². The van der Waals surface area contributed by atoms with Crippen molar-refractivity contribution in [3.63, 3.8) is 0 Å². The fourth-order valence-electron chi connectivity index (χ4n) is 2.12. The minimum Gasteiger partial charge on any atom is -0.0656 e. The van der Waals surface area contributed by atoms with Crippen molar-refractivity contribution in [3.05, 3.63) is 60.2 Å². The summed E-state index contributed by atoms with van der Waals surface area (Å²) in [6.45, 7) is 6.41. The summed E-state index contributed by atoms with van der Waals surface area (Å²) < 4.78 is 0. The van der Waals surface area contributed by atoms with E-state index in [-0.39, 0.29) is 0 Å². The van der Waals surface area contributed by atoms with Crippen molar-refractivity contribution in [2.24, 2.45) is 0 Å². The van der Waals surface area contributed by atoms with E-state index in [2.05, 4.69) is 75.4 Å². The van der Waals surface area contributed by atoms with Crippen LogP contribution in [0.1, 0.15) is 25.8 Å². The Morgan fingerprint density at radius 3 is 1.94 bits per heavy atom. The summed E-state index contributed by atoms with van der Waals surface area (Å²) in [5.41, 5.74) is 1.35. The minimum absolute atomic E-state index is 1.25. The van der Waals surface area contributed by atoms with Crippen LogP contribution in [0.15, 0.2) is 54.6 Å². The predicted molar refractivity (Wildman–Crippen MR) is 82.2 cm³/mol. The number of rotatable bonds is 0. The van der Waals surface area contributed by atoms with Crippen LogP contribution in [0.4, 0.5) is 0 Å². The normalized spacial score (nSPS) is 10.2. The predicted octanol–water partition coefficient (Wildman–Crippen LogP) is 5.72. The van der Waals surface area contributed by atoms with Gasteiger partial charge in [0.1, 0.15) is 0 Å². The van der Waals surface area contributed by atoms with Crippen LogP contribution in [0.3, 0.4) is 0 Å². The van der Waals surface area contributed by atoms with Gasteiger partial charge in [0.05, 0.1) is 0 Å². The Morgan fingerprint density at radius 1 is 0.722 bits per heavy atom. The average Bonchev–Trinajstić information content (AvgIpc) is 2.38. The smallest absolute Gasteiger partial charge is 0.0148 e. The fourth-order valence-corrected chi connectivity index (χ4v) is 2.12. The van der Waals surface area contributed by atoms with E-state index in [4.69, 9.17) is 0 Å². The molecule has 0 saturated carbocycles. The van der Waals surface area contributed by atoms with Crippen molar-refractivity contribution in [2.75, 3.05) is 0 Å². The number of fused-ring (bicyclic) bond motifs is 2. The lowest BCUT2D eigenvalue weighted by Crippen LogP contribution is -1.79. The maximum atomic E-state index is 2.28. The molecular weight excluding hydrogens is 216 g/mol. The van der Waals surface area contributed by atoms with Crippen molar-refractivity contribution in [3.8, 4) is 0 Å². The van der Waals surface area contributed by atoms with E-state index in [1.165, 1.54) is 33.5 Å². The van der Waals surface area contributed by atoms with Crippen molar-refractivity contribution >= 4 is 21.5 Å². The topological polar surface area (TPSA) is 0 Å². The van der Waals surface area contributed by atoms with E-state index in [0.717, 1.165) is 0 Å². The van der Waals surface area contributed by atoms with Gasteiger partial charge >= 0.3 is 0 Å². The second kappa shape index (κ2) is 5.68. The highest BCUT2D eigenvalue weighted by molar-refractivity contribution is 5.99. The van der Waals surface area contributed by atoms with E-state index in [9.17, 15) is 0 Å². The molecule has 0 atom stereocenters. The average molecular weight is 236 g/mol. The zero-order valence-corrected chi connectivity index (χ0v) is 11.4. The van der Waals surface area contributed by atoms with E-state index in [1.54, 1.807) is 0 Å². The number of aryl methyl sites for hydroxylation is 1. The molecule has 0 amide bonds. The Kier molecular flexibility index (Phi) is 3.99.